The van der Waals surface area contributed by atoms with Crippen molar-refractivity contribution in [3.8, 4) is 0 Å². The number of alkyl carbamates (subject to hydrolysis) is 1. The number of amides is 1. The average molecular weight is 315 g/mol. The first-order chi connectivity index (χ1) is 10.2. The summed E-state index contributed by atoms with van der Waals surface area (Å²) in [5.74, 6) is 0.286. The van der Waals surface area contributed by atoms with E-state index >= 15 is 0 Å². The van der Waals surface area contributed by atoms with Gasteiger partial charge >= 0.3 is 6.09 Å². The summed E-state index contributed by atoms with van der Waals surface area (Å²) in [4.78, 5) is 21.7. The van der Waals surface area contributed by atoms with Gasteiger partial charge in [-0.15, -0.1) is 0 Å². The van der Waals surface area contributed by atoms with Gasteiger partial charge in [0.25, 0.3) is 0 Å². The molecular weight excluding hydrogens is 286 g/mol. The van der Waals surface area contributed by atoms with Crippen molar-refractivity contribution >= 4 is 11.9 Å². The molecule has 0 aromatic heterocycles. The van der Waals surface area contributed by atoms with Crippen molar-refractivity contribution in [2.45, 2.75) is 46.8 Å². The van der Waals surface area contributed by atoms with Crippen LogP contribution in [0.3, 0.4) is 0 Å². The van der Waals surface area contributed by atoms with Gasteiger partial charge in [0.05, 0.1) is 13.2 Å². The van der Waals surface area contributed by atoms with Crippen molar-refractivity contribution < 1.29 is 23.8 Å². The molecule has 1 rings (SSSR count). The maximum Gasteiger partial charge on any atom is 0.407 e. The van der Waals surface area contributed by atoms with Crippen molar-refractivity contribution in [3.63, 3.8) is 0 Å². The fourth-order valence-electron chi connectivity index (χ4n) is 2.28. The first-order valence-corrected chi connectivity index (χ1v) is 7.40. The van der Waals surface area contributed by atoms with Gasteiger partial charge in [0.2, 0.25) is 0 Å². The molecule has 0 fully saturated rings. The molecule has 0 atom stereocenters. The van der Waals surface area contributed by atoms with E-state index in [2.05, 4.69) is 23.9 Å². The highest BCUT2D eigenvalue weighted by Crippen LogP contribution is 2.32. The molecule has 0 radical (unpaired) electrons. The van der Waals surface area contributed by atoms with E-state index in [1.807, 2.05) is 6.92 Å². The predicted octanol–water partition coefficient (Wildman–Crippen LogP) is 2.67. The number of hydrogen-bond donors (Lipinski definition) is 1. The minimum absolute atomic E-state index is 0.204. The molecule has 0 bridgehead atoms. The number of hydrogen-bond acceptors (Lipinski definition) is 5. The molecule has 0 saturated carbocycles. The normalized spacial score (nSPS) is 16.5. The number of rotatable bonds is 5. The molecule has 22 heavy (non-hydrogen) atoms. The Morgan fingerprint density at radius 3 is 2.32 bits per heavy atom. The van der Waals surface area contributed by atoms with Crippen molar-refractivity contribution in [2.24, 2.45) is 5.41 Å². The quantitative estimate of drug-likeness (QED) is 0.790. The summed E-state index contributed by atoms with van der Waals surface area (Å²) >= 11 is 0. The lowest BCUT2D eigenvalue weighted by Gasteiger charge is -2.27. The average Bonchev–Trinajstić information content (AvgIpc) is 2.38. The van der Waals surface area contributed by atoms with E-state index < -0.39 is 12.4 Å². The molecule has 0 heterocycles. The Hall–Kier alpha value is -1.40. The van der Waals surface area contributed by atoms with E-state index in [0.29, 0.717) is 13.0 Å². The zero-order valence-electron chi connectivity index (χ0n) is 14.5. The molecule has 0 saturated heterocycles. The van der Waals surface area contributed by atoms with Gasteiger partial charge in [-0.2, -0.15) is 0 Å². The Morgan fingerprint density at radius 1 is 1.32 bits per heavy atom. The third-order valence-corrected chi connectivity index (χ3v) is 3.03. The molecule has 1 aliphatic rings. The number of ether oxygens (including phenoxy) is 3. The fraction of sp³-hybridized carbons (Fsp3) is 0.750. The highest BCUT2D eigenvalue weighted by atomic mass is 16.7. The second-order valence-corrected chi connectivity index (χ2v) is 5.98. The van der Waals surface area contributed by atoms with E-state index in [-0.39, 0.29) is 17.7 Å². The summed E-state index contributed by atoms with van der Waals surface area (Å²) in [6.07, 6.45) is 2.67. The summed E-state index contributed by atoms with van der Waals surface area (Å²) in [5.41, 5.74) is 1.43. The van der Waals surface area contributed by atoms with E-state index in [9.17, 15) is 9.59 Å². The third-order valence-electron chi connectivity index (χ3n) is 3.03. The van der Waals surface area contributed by atoms with E-state index in [0.717, 1.165) is 6.42 Å². The van der Waals surface area contributed by atoms with Crippen LogP contribution in [-0.4, -0.2) is 45.5 Å². The minimum Gasteiger partial charge on any atom is -0.450 e. The van der Waals surface area contributed by atoms with Crippen LogP contribution in [0.5, 0.6) is 0 Å². The van der Waals surface area contributed by atoms with Crippen molar-refractivity contribution in [3.05, 3.63) is 11.6 Å². The number of methoxy groups -OCH3 is 2. The van der Waals surface area contributed by atoms with Crippen LogP contribution < -0.4 is 5.32 Å². The maximum absolute atomic E-state index is 11.0. The first kappa shape index (κ1) is 20.6. The zero-order valence-corrected chi connectivity index (χ0v) is 14.5. The number of carbonyl (C=O) groups is 2. The Morgan fingerprint density at radius 2 is 1.91 bits per heavy atom. The Kier molecular flexibility index (Phi) is 9.69. The number of carbonyl (C=O) groups excluding carboxylic acids is 2. The molecule has 6 nitrogen and oxygen atoms in total. The summed E-state index contributed by atoms with van der Waals surface area (Å²) in [7, 11) is 3.00. The van der Waals surface area contributed by atoms with Crippen LogP contribution in [0.4, 0.5) is 4.79 Å². The van der Waals surface area contributed by atoms with E-state index in [4.69, 9.17) is 9.47 Å². The van der Waals surface area contributed by atoms with Gasteiger partial charge in [-0.05, 0) is 31.8 Å². The van der Waals surface area contributed by atoms with Gasteiger partial charge in [0.15, 0.2) is 12.1 Å². The van der Waals surface area contributed by atoms with Crippen LogP contribution in [0, 0.1) is 5.41 Å². The monoisotopic (exact) mass is 315 g/mol. The third kappa shape index (κ3) is 9.52. The summed E-state index contributed by atoms with van der Waals surface area (Å²) in [5, 5.41) is 2.47. The lowest BCUT2D eigenvalue weighted by Crippen LogP contribution is -2.34. The standard InChI is InChI=1S/C9H14O.C7H15NO4/c1-7-4-8(10)6-9(2,3)5-7;1-4-12-7(9)8-5-6(10-2)11-3/h4H,5-6H2,1-3H3;6H,4-5H2,1-3H3,(H,8,9). The number of nitrogens with one attached hydrogen (secondary N) is 1. The van der Waals surface area contributed by atoms with Crippen LogP contribution >= 0.6 is 0 Å². The van der Waals surface area contributed by atoms with Crippen LogP contribution in [0.15, 0.2) is 11.6 Å². The Bertz CT molecular complexity index is 386. The fourth-order valence-corrected chi connectivity index (χ4v) is 2.28. The van der Waals surface area contributed by atoms with Crippen molar-refractivity contribution in [1.82, 2.24) is 5.32 Å². The summed E-state index contributed by atoms with van der Waals surface area (Å²) in [6.45, 7) is 8.69. The van der Waals surface area contributed by atoms with Gasteiger partial charge in [-0.3, -0.25) is 4.79 Å². The molecule has 6 heteroatoms. The van der Waals surface area contributed by atoms with Gasteiger partial charge in [-0.25, -0.2) is 4.79 Å². The van der Waals surface area contributed by atoms with Gasteiger partial charge in [-0.1, -0.05) is 19.4 Å². The Labute approximate surface area is 133 Å². The molecule has 1 aliphatic carbocycles. The van der Waals surface area contributed by atoms with Gasteiger partial charge in [0.1, 0.15) is 0 Å². The van der Waals surface area contributed by atoms with Crippen LogP contribution in [0.25, 0.3) is 0 Å². The van der Waals surface area contributed by atoms with Gasteiger partial charge < -0.3 is 19.5 Å². The smallest absolute Gasteiger partial charge is 0.407 e. The lowest BCUT2D eigenvalue weighted by atomic mass is 9.77. The number of allylic oxidation sites excluding steroid dienone is 2. The SMILES string of the molecule is CC1=CC(=O)CC(C)(C)C1.CCOC(=O)NCC(OC)OC. The minimum atomic E-state index is -0.461. The molecule has 0 unspecified atom stereocenters. The summed E-state index contributed by atoms with van der Waals surface area (Å²) < 4.78 is 14.3. The lowest BCUT2D eigenvalue weighted by molar-refractivity contribution is -0.117. The van der Waals surface area contributed by atoms with Crippen LogP contribution in [0.1, 0.15) is 40.5 Å². The molecule has 1 amide bonds. The second kappa shape index (κ2) is 10.3. The molecule has 0 spiro atoms. The zero-order chi connectivity index (χ0) is 17.2. The molecule has 128 valence electrons. The molecule has 0 aliphatic heterocycles. The second-order valence-electron chi connectivity index (χ2n) is 5.98. The van der Waals surface area contributed by atoms with Crippen LogP contribution in [-0.2, 0) is 19.0 Å². The molecule has 0 aromatic carbocycles. The highest BCUT2D eigenvalue weighted by molar-refractivity contribution is 5.91. The number of ketones is 1. The van der Waals surface area contributed by atoms with E-state index in [1.165, 1.54) is 19.8 Å². The first-order valence-electron chi connectivity index (χ1n) is 7.40. The predicted molar refractivity (Wildman–Crippen MR) is 84.6 cm³/mol. The Balaban J connectivity index is 0.000000406. The summed E-state index contributed by atoms with van der Waals surface area (Å²) in [6, 6.07) is 0. The molecule has 1 N–H and O–H groups in total. The maximum atomic E-state index is 11.0. The highest BCUT2D eigenvalue weighted by Gasteiger charge is 2.25. The largest absolute Gasteiger partial charge is 0.450 e. The topological polar surface area (TPSA) is 73.9 Å². The van der Waals surface area contributed by atoms with Crippen molar-refractivity contribution in [1.29, 1.82) is 0 Å². The van der Waals surface area contributed by atoms with E-state index in [1.54, 1.807) is 13.0 Å². The van der Waals surface area contributed by atoms with Crippen molar-refractivity contribution in [2.75, 3.05) is 27.4 Å². The van der Waals surface area contributed by atoms with Crippen LogP contribution in [0.2, 0.25) is 0 Å². The molecule has 0 aromatic rings. The van der Waals surface area contributed by atoms with Gasteiger partial charge in [0, 0.05) is 20.6 Å². The molecular formula is C16H29NO5.